The van der Waals surface area contributed by atoms with Crippen molar-refractivity contribution in [3.63, 3.8) is 0 Å². The van der Waals surface area contributed by atoms with Gasteiger partial charge in [0.2, 0.25) is 0 Å². The van der Waals surface area contributed by atoms with Crippen molar-refractivity contribution in [2.45, 2.75) is 31.6 Å². The summed E-state index contributed by atoms with van der Waals surface area (Å²) in [6.45, 7) is 0. The molecule has 0 spiro atoms. The Balaban J connectivity index is 2.13. The monoisotopic (exact) mass is 302 g/mol. The van der Waals surface area contributed by atoms with E-state index in [0.717, 1.165) is 23.7 Å². The fourth-order valence-electron chi connectivity index (χ4n) is 2.95. The van der Waals surface area contributed by atoms with Gasteiger partial charge in [0.1, 0.15) is 5.78 Å². The zero-order valence-corrected chi connectivity index (χ0v) is 11.7. The van der Waals surface area contributed by atoms with Gasteiger partial charge in [0.25, 0.3) is 0 Å². The zero-order chi connectivity index (χ0) is 12.5. The second-order valence-electron chi connectivity index (χ2n) is 5.02. The molecule has 0 aliphatic heterocycles. The summed E-state index contributed by atoms with van der Waals surface area (Å²) in [5.74, 6) is 0.809. The number of rotatable bonds is 1. The van der Waals surface area contributed by atoms with Crippen molar-refractivity contribution in [1.29, 1.82) is 0 Å². The lowest BCUT2D eigenvalue weighted by atomic mass is 9.81. The lowest BCUT2D eigenvalue weighted by Crippen LogP contribution is -2.13. The van der Waals surface area contributed by atoms with Crippen LogP contribution in [-0.4, -0.2) is 5.78 Å². The van der Waals surface area contributed by atoms with Crippen LogP contribution in [0.25, 0.3) is 10.8 Å². The van der Waals surface area contributed by atoms with Crippen molar-refractivity contribution in [2.24, 2.45) is 0 Å². The molecule has 1 aliphatic rings. The highest BCUT2D eigenvalue weighted by molar-refractivity contribution is 9.10. The number of Topliss-reactive ketones (excluding diaryl/α,β-unsaturated/α-hetero) is 1. The van der Waals surface area contributed by atoms with Gasteiger partial charge in [-0.3, -0.25) is 4.79 Å². The van der Waals surface area contributed by atoms with Gasteiger partial charge in [-0.15, -0.1) is 0 Å². The summed E-state index contributed by atoms with van der Waals surface area (Å²) in [6.07, 6.45) is 3.64. The highest BCUT2D eigenvalue weighted by Crippen LogP contribution is 2.37. The Kier molecular flexibility index (Phi) is 3.21. The maximum atomic E-state index is 11.7. The standard InChI is InChI=1S/C16H15BrO/c17-15-9-3-5-11-4-2-8-14(16(11)15)12-6-1-7-13(18)10-12/h2-5,8-9,12H,1,6-7,10H2. The summed E-state index contributed by atoms with van der Waals surface area (Å²) in [7, 11) is 0. The number of halogens is 1. The number of hydrogen-bond acceptors (Lipinski definition) is 1. The second-order valence-corrected chi connectivity index (χ2v) is 5.87. The van der Waals surface area contributed by atoms with Gasteiger partial charge in [-0.2, -0.15) is 0 Å². The van der Waals surface area contributed by atoms with Crippen LogP contribution in [-0.2, 0) is 4.79 Å². The minimum absolute atomic E-state index is 0.397. The van der Waals surface area contributed by atoms with E-state index in [4.69, 9.17) is 0 Å². The smallest absolute Gasteiger partial charge is 0.133 e. The minimum Gasteiger partial charge on any atom is -0.300 e. The molecule has 1 atom stereocenters. The second kappa shape index (κ2) is 4.85. The molecule has 2 aromatic rings. The molecule has 18 heavy (non-hydrogen) atoms. The number of fused-ring (bicyclic) bond motifs is 1. The van der Waals surface area contributed by atoms with Crippen molar-refractivity contribution in [3.8, 4) is 0 Å². The van der Waals surface area contributed by atoms with Crippen LogP contribution in [0.2, 0.25) is 0 Å². The molecule has 0 heterocycles. The van der Waals surface area contributed by atoms with E-state index in [1.807, 2.05) is 0 Å². The van der Waals surface area contributed by atoms with Crippen LogP contribution in [0, 0.1) is 0 Å². The molecular weight excluding hydrogens is 288 g/mol. The Hall–Kier alpha value is -1.15. The highest BCUT2D eigenvalue weighted by Gasteiger charge is 2.22. The van der Waals surface area contributed by atoms with E-state index in [2.05, 4.69) is 52.3 Å². The van der Waals surface area contributed by atoms with Gasteiger partial charge in [0.05, 0.1) is 0 Å². The van der Waals surface area contributed by atoms with E-state index in [-0.39, 0.29) is 0 Å². The van der Waals surface area contributed by atoms with E-state index in [1.54, 1.807) is 0 Å². The van der Waals surface area contributed by atoms with Crippen LogP contribution in [0.4, 0.5) is 0 Å². The number of hydrogen-bond donors (Lipinski definition) is 0. The van der Waals surface area contributed by atoms with Gasteiger partial charge in [-0.25, -0.2) is 0 Å². The Morgan fingerprint density at radius 3 is 2.67 bits per heavy atom. The lowest BCUT2D eigenvalue weighted by molar-refractivity contribution is -0.120. The molecule has 0 aromatic heterocycles. The normalized spacial score (nSPS) is 20.3. The van der Waals surface area contributed by atoms with E-state index in [9.17, 15) is 4.79 Å². The van der Waals surface area contributed by atoms with Crippen molar-refractivity contribution in [1.82, 2.24) is 0 Å². The molecule has 0 radical (unpaired) electrons. The first-order chi connectivity index (χ1) is 8.75. The number of benzene rings is 2. The average Bonchev–Trinajstić information content (AvgIpc) is 2.38. The van der Waals surface area contributed by atoms with Crippen molar-refractivity contribution >= 4 is 32.5 Å². The molecule has 0 N–H and O–H groups in total. The molecule has 3 rings (SSSR count). The fourth-order valence-corrected chi connectivity index (χ4v) is 3.56. The third kappa shape index (κ3) is 2.10. The first kappa shape index (κ1) is 11.9. The molecule has 1 saturated carbocycles. The van der Waals surface area contributed by atoms with Gasteiger partial charge >= 0.3 is 0 Å². The van der Waals surface area contributed by atoms with Gasteiger partial charge in [0.15, 0.2) is 0 Å². The topological polar surface area (TPSA) is 17.1 Å². The van der Waals surface area contributed by atoms with Gasteiger partial charge in [0, 0.05) is 17.3 Å². The van der Waals surface area contributed by atoms with Crippen molar-refractivity contribution in [3.05, 3.63) is 46.4 Å². The van der Waals surface area contributed by atoms with E-state index >= 15 is 0 Å². The summed E-state index contributed by atoms with van der Waals surface area (Å²) in [4.78, 5) is 11.7. The van der Waals surface area contributed by atoms with E-state index in [0.29, 0.717) is 18.1 Å². The predicted molar refractivity (Wildman–Crippen MR) is 77.9 cm³/mol. The number of carbonyl (C=O) groups is 1. The number of carbonyl (C=O) groups excluding carboxylic acids is 1. The summed E-state index contributed by atoms with van der Waals surface area (Å²) in [6, 6.07) is 12.7. The quantitative estimate of drug-likeness (QED) is 0.737. The first-order valence-corrected chi connectivity index (χ1v) is 7.24. The van der Waals surface area contributed by atoms with Gasteiger partial charge < -0.3 is 0 Å². The Morgan fingerprint density at radius 2 is 1.89 bits per heavy atom. The maximum absolute atomic E-state index is 11.7. The van der Waals surface area contributed by atoms with Crippen molar-refractivity contribution in [2.75, 3.05) is 0 Å². The maximum Gasteiger partial charge on any atom is 0.133 e. The Morgan fingerprint density at radius 1 is 1.11 bits per heavy atom. The van der Waals surface area contributed by atoms with E-state index in [1.165, 1.54) is 16.3 Å². The molecule has 0 amide bonds. The molecule has 1 aliphatic carbocycles. The molecule has 0 bridgehead atoms. The first-order valence-electron chi connectivity index (χ1n) is 6.44. The molecule has 2 heteroatoms. The largest absolute Gasteiger partial charge is 0.300 e. The third-order valence-corrected chi connectivity index (χ3v) is 4.47. The molecule has 1 unspecified atom stereocenters. The number of ketones is 1. The summed E-state index contributed by atoms with van der Waals surface area (Å²) < 4.78 is 1.13. The molecule has 92 valence electrons. The Labute approximate surface area is 115 Å². The molecule has 1 fully saturated rings. The van der Waals surface area contributed by atoms with Gasteiger partial charge in [-0.05, 0) is 41.2 Å². The lowest BCUT2D eigenvalue weighted by Gasteiger charge is -2.23. The molecule has 2 aromatic carbocycles. The van der Waals surface area contributed by atoms with Crippen LogP contribution >= 0.6 is 15.9 Å². The summed E-state index contributed by atoms with van der Waals surface area (Å²) in [5, 5.41) is 2.53. The van der Waals surface area contributed by atoms with Crippen LogP contribution in [0.3, 0.4) is 0 Å². The average molecular weight is 303 g/mol. The van der Waals surface area contributed by atoms with Crippen LogP contribution < -0.4 is 0 Å². The molecule has 0 saturated heterocycles. The van der Waals surface area contributed by atoms with Crippen molar-refractivity contribution < 1.29 is 4.79 Å². The van der Waals surface area contributed by atoms with Gasteiger partial charge in [-0.1, -0.05) is 46.3 Å². The van der Waals surface area contributed by atoms with E-state index < -0.39 is 0 Å². The van der Waals surface area contributed by atoms with Crippen LogP contribution in [0.15, 0.2) is 40.9 Å². The summed E-state index contributed by atoms with van der Waals surface area (Å²) >= 11 is 3.64. The third-order valence-electron chi connectivity index (χ3n) is 3.81. The van der Waals surface area contributed by atoms with Crippen LogP contribution in [0.1, 0.15) is 37.2 Å². The van der Waals surface area contributed by atoms with Crippen LogP contribution in [0.5, 0.6) is 0 Å². The SMILES string of the molecule is O=C1CCCC(c2cccc3cccc(Br)c23)C1. The predicted octanol–water partition coefficient (Wildman–Crippen LogP) is 4.83. The zero-order valence-electron chi connectivity index (χ0n) is 10.2. The minimum atomic E-state index is 0.397. The molecule has 1 nitrogen and oxygen atoms in total. The Bertz CT molecular complexity index is 598. The highest BCUT2D eigenvalue weighted by atomic mass is 79.9. The molecular formula is C16H15BrO. The fraction of sp³-hybridized carbons (Fsp3) is 0.312. The summed E-state index contributed by atoms with van der Waals surface area (Å²) in [5.41, 5.74) is 1.33.